The molecule has 1 amide bonds. The molecule has 7 heteroatoms. The van der Waals surface area contributed by atoms with E-state index < -0.39 is 0 Å². The smallest absolute Gasteiger partial charge is 0.246 e. The molecule has 1 aromatic heterocycles. The molecule has 0 fully saturated rings. The number of carbonyl (C=O) groups excluding carboxylic acids is 1. The lowest BCUT2D eigenvalue weighted by atomic mass is 10.1. The number of ether oxygens (including phenoxy) is 2. The van der Waals surface area contributed by atoms with Crippen LogP contribution in [0, 0.1) is 0 Å². The van der Waals surface area contributed by atoms with Crippen molar-refractivity contribution in [2.75, 3.05) is 20.8 Å². The molecule has 162 valence electrons. The van der Waals surface area contributed by atoms with Gasteiger partial charge in [-0.25, -0.2) is 9.67 Å². The van der Waals surface area contributed by atoms with Crippen molar-refractivity contribution >= 4 is 12.0 Å². The molecule has 0 aliphatic carbocycles. The van der Waals surface area contributed by atoms with E-state index in [4.69, 9.17) is 9.47 Å². The Hall–Kier alpha value is -3.61. The average Bonchev–Trinajstić information content (AvgIpc) is 3.35. The van der Waals surface area contributed by atoms with Crippen molar-refractivity contribution in [1.82, 2.24) is 19.7 Å². The normalized spacial score (nSPS) is 12.0. The number of likely N-dealkylation sites (N-methyl/N-ethyl adjacent to an activating group) is 1. The fourth-order valence-electron chi connectivity index (χ4n) is 3.07. The van der Waals surface area contributed by atoms with Crippen LogP contribution >= 0.6 is 0 Å². The van der Waals surface area contributed by atoms with E-state index in [1.807, 2.05) is 49.4 Å². The van der Waals surface area contributed by atoms with Gasteiger partial charge in [-0.1, -0.05) is 25.1 Å². The van der Waals surface area contributed by atoms with E-state index in [1.165, 1.54) is 6.33 Å². The first-order valence-corrected chi connectivity index (χ1v) is 10.2. The molecule has 1 unspecified atom stereocenters. The van der Waals surface area contributed by atoms with Gasteiger partial charge in [0.25, 0.3) is 0 Å². The molecular weight excluding hydrogens is 392 g/mol. The highest BCUT2D eigenvalue weighted by molar-refractivity contribution is 5.92. The summed E-state index contributed by atoms with van der Waals surface area (Å²) in [6.45, 7) is 4.68. The summed E-state index contributed by atoms with van der Waals surface area (Å²) in [5.74, 6) is 1.27. The summed E-state index contributed by atoms with van der Waals surface area (Å²) in [7, 11) is 3.40. The molecule has 7 nitrogen and oxygen atoms in total. The molecule has 3 rings (SSSR count). The molecule has 0 aliphatic rings. The van der Waals surface area contributed by atoms with E-state index in [9.17, 15) is 4.79 Å². The largest absolute Gasteiger partial charge is 0.493 e. The van der Waals surface area contributed by atoms with Crippen LogP contribution in [0.1, 0.15) is 37.4 Å². The minimum Gasteiger partial charge on any atom is -0.493 e. The van der Waals surface area contributed by atoms with E-state index >= 15 is 0 Å². The number of hydrogen-bond acceptors (Lipinski definition) is 5. The molecule has 31 heavy (non-hydrogen) atoms. The van der Waals surface area contributed by atoms with E-state index in [-0.39, 0.29) is 11.9 Å². The summed E-state index contributed by atoms with van der Waals surface area (Å²) in [6.07, 6.45) is 7.42. The zero-order valence-electron chi connectivity index (χ0n) is 18.4. The molecular formula is C24H28N4O3. The molecule has 0 bridgehead atoms. The summed E-state index contributed by atoms with van der Waals surface area (Å²) >= 11 is 0. The van der Waals surface area contributed by atoms with Crippen molar-refractivity contribution in [2.45, 2.75) is 26.3 Å². The van der Waals surface area contributed by atoms with E-state index in [1.54, 1.807) is 42.2 Å². The number of methoxy groups -OCH3 is 1. The zero-order chi connectivity index (χ0) is 22.2. The third-order valence-electron chi connectivity index (χ3n) is 5.06. The summed E-state index contributed by atoms with van der Waals surface area (Å²) < 4.78 is 12.8. The highest BCUT2D eigenvalue weighted by Crippen LogP contribution is 2.29. The molecule has 0 spiro atoms. The van der Waals surface area contributed by atoms with Gasteiger partial charge in [-0.05, 0) is 54.8 Å². The van der Waals surface area contributed by atoms with Crippen LogP contribution in [0.15, 0.2) is 61.2 Å². The van der Waals surface area contributed by atoms with Crippen LogP contribution < -0.4 is 9.47 Å². The summed E-state index contributed by atoms with van der Waals surface area (Å²) in [4.78, 5) is 18.4. The lowest BCUT2D eigenvalue weighted by Gasteiger charge is -2.24. The van der Waals surface area contributed by atoms with Gasteiger partial charge in [0, 0.05) is 13.1 Å². The fourth-order valence-corrected chi connectivity index (χ4v) is 3.07. The first kappa shape index (κ1) is 22.1. The minimum absolute atomic E-state index is 0.0821. The molecule has 1 heterocycles. The fraction of sp³-hybridized carbons (Fsp3) is 0.292. The first-order valence-electron chi connectivity index (χ1n) is 10.2. The van der Waals surface area contributed by atoms with Crippen LogP contribution in [0.25, 0.3) is 11.8 Å². The third kappa shape index (κ3) is 5.51. The number of hydrogen-bond donors (Lipinski definition) is 0. The Morgan fingerprint density at radius 3 is 2.61 bits per heavy atom. The van der Waals surface area contributed by atoms with Gasteiger partial charge in [0.15, 0.2) is 11.5 Å². The molecule has 2 aromatic carbocycles. The highest BCUT2D eigenvalue weighted by Gasteiger charge is 2.15. The van der Waals surface area contributed by atoms with Crippen molar-refractivity contribution in [3.8, 4) is 17.2 Å². The molecule has 0 N–H and O–H groups in total. The minimum atomic E-state index is -0.0851. The van der Waals surface area contributed by atoms with Crippen molar-refractivity contribution in [1.29, 1.82) is 0 Å². The average molecular weight is 421 g/mol. The highest BCUT2D eigenvalue weighted by atomic mass is 16.5. The number of amides is 1. The van der Waals surface area contributed by atoms with Gasteiger partial charge in [-0.15, -0.1) is 0 Å². The van der Waals surface area contributed by atoms with Gasteiger partial charge in [0.1, 0.15) is 12.7 Å². The van der Waals surface area contributed by atoms with Crippen LogP contribution in [-0.2, 0) is 4.79 Å². The second-order valence-corrected chi connectivity index (χ2v) is 7.15. The Morgan fingerprint density at radius 2 is 1.97 bits per heavy atom. The molecule has 0 saturated heterocycles. The predicted molar refractivity (Wildman–Crippen MR) is 120 cm³/mol. The summed E-state index contributed by atoms with van der Waals surface area (Å²) in [6, 6.07) is 13.5. The second kappa shape index (κ2) is 10.4. The Morgan fingerprint density at radius 1 is 1.19 bits per heavy atom. The second-order valence-electron chi connectivity index (χ2n) is 7.15. The van der Waals surface area contributed by atoms with E-state index in [0.717, 1.165) is 23.2 Å². The van der Waals surface area contributed by atoms with Gasteiger partial charge in [0.05, 0.1) is 25.4 Å². The van der Waals surface area contributed by atoms with Crippen LogP contribution in [0.3, 0.4) is 0 Å². The monoisotopic (exact) mass is 420 g/mol. The maximum Gasteiger partial charge on any atom is 0.246 e. The lowest BCUT2D eigenvalue weighted by Crippen LogP contribution is -2.27. The third-order valence-corrected chi connectivity index (χ3v) is 5.06. The number of carbonyl (C=O) groups is 1. The Kier molecular flexibility index (Phi) is 7.43. The van der Waals surface area contributed by atoms with Gasteiger partial charge in [-0.2, -0.15) is 5.10 Å². The molecule has 1 atom stereocenters. The molecule has 0 radical (unpaired) electrons. The summed E-state index contributed by atoms with van der Waals surface area (Å²) in [5.41, 5.74) is 2.82. The maximum atomic E-state index is 12.7. The summed E-state index contributed by atoms with van der Waals surface area (Å²) in [5, 5.41) is 4.12. The molecule has 3 aromatic rings. The van der Waals surface area contributed by atoms with Gasteiger partial charge < -0.3 is 14.4 Å². The standard InChI is InChI=1S/C24H28N4O3/c1-5-14-31-22-12-6-19(15-23(22)30-4)7-13-24(29)27(3)18(2)20-8-10-21(11-9-20)28-17-25-16-26-28/h6-13,15-18H,5,14H2,1-4H3/b13-7+. The maximum absolute atomic E-state index is 12.7. The zero-order valence-corrected chi connectivity index (χ0v) is 18.4. The van der Waals surface area contributed by atoms with Gasteiger partial charge in [0.2, 0.25) is 5.91 Å². The number of aromatic nitrogens is 3. The van der Waals surface area contributed by atoms with Crippen molar-refractivity contribution < 1.29 is 14.3 Å². The molecule has 0 aliphatic heterocycles. The van der Waals surface area contributed by atoms with Crippen molar-refractivity contribution in [2.24, 2.45) is 0 Å². The van der Waals surface area contributed by atoms with Crippen molar-refractivity contribution in [3.05, 3.63) is 72.3 Å². The van der Waals surface area contributed by atoms with Crippen molar-refractivity contribution in [3.63, 3.8) is 0 Å². The van der Waals surface area contributed by atoms with Gasteiger partial charge in [-0.3, -0.25) is 4.79 Å². The van der Waals surface area contributed by atoms with E-state index in [2.05, 4.69) is 17.0 Å². The number of benzene rings is 2. The molecule has 0 saturated carbocycles. The quantitative estimate of drug-likeness (QED) is 0.483. The Bertz CT molecular complexity index is 1010. The van der Waals surface area contributed by atoms with Crippen LogP contribution in [0.5, 0.6) is 11.5 Å². The van der Waals surface area contributed by atoms with E-state index in [0.29, 0.717) is 18.1 Å². The number of nitrogens with zero attached hydrogens (tertiary/aromatic N) is 4. The Labute approximate surface area is 182 Å². The van der Waals surface area contributed by atoms with Crippen LogP contribution in [0.4, 0.5) is 0 Å². The first-order chi connectivity index (χ1) is 15.0. The topological polar surface area (TPSA) is 69.5 Å². The van der Waals surface area contributed by atoms with Crippen LogP contribution in [-0.4, -0.2) is 46.3 Å². The van der Waals surface area contributed by atoms with Crippen LogP contribution in [0.2, 0.25) is 0 Å². The predicted octanol–water partition coefficient (Wildman–Crippen LogP) is 4.30. The van der Waals surface area contributed by atoms with Gasteiger partial charge >= 0.3 is 0 Å². The Balaban J connectivity index is 1.66. The number of rotatable bonds is 9. The lowest BCUT2D eigenvalue weighted by molar-refractivity contribution is -0.126. The SMILES string of the molecule is CCCOc1ccc(/C=C/C(=O)N(C)C(C)c2ccc(-n3cncn3)cc2)cc1OC.